The highest BCUT2D eigenvalue weighted by atomic mass is 16.2. The second-order valence-electron chi connectivity index (χ2n) is 9.15. The highest BCUT2D eigenvalue weighted by Crippen LogP contribution is 2.29. The Bertz CT molecular complexity index is 962. The molecule has 0 N–H and O–H groups in total. The number of carbonyl (C=O) groups excluding carboxylic acids is 2. The van der Waals surface area contributed by atoms with Crippen LogP contribution in [0.2, 0.25) is 0 Å². The number of carbonyl (C=O) groups is 2. The Kier molecular flexibility index (Phi) is 6.20. The molecule has 9 nitrogen and oxygen atoms in total. The molecule has 0 radical (unpaired) electrons. The fourth-order valence-corrected chi connectivity index (χ4v) is 5.29. The Balaban J connectivity index is 1.41. The van der Waals surface area contributed by atoms with Crippen LogP contribution in [0.4, 0.5) is 5.82 Å². The maximum Gasteiger partial charge on any atom is 0.332 e. The summed E-state index contributed by atoms with van der Waals surface area (Å²) in [6.07, 6.45) is 6.76. The Hall–Kier alpha value is -2.58. The molecule has 3 aliphatic rings. The normalized spacial score (nSPS) is 23.4. The van der Waals surface area contributed by atoms with Crippen molar-refractivity contribution in [2.75, 3.05) is 37.6 Å². The van der Waals surface area contributed by atoms with Crippen molar-refractivity contribution in [3.63, 3.8) is 0 Å². The predicted octanol–water partition coefficient (Wildman–Crippen LogP) is 0.304. The summed E-state index contributed by atoms with van der Waals surface area (Å²) >= 11 is 0. The van der Waals surface area contributed by atoms with E-state index in [9.17, 15) is 19.2 Å². The molecular weight excluding hydrogens is 398 g/mol. The summed E-state index contributed by atoms with van der Waals surface area (Å²) in [5.41, 5.74) is -0.686. The monoisotopic (exact) mass is 431 g/mol. The second kappa shape index (κ2) is 8.88. The molecule has 3 heterocycles. The smallest absolute Gasteiger partial charge is 0.332 e. The van der Waals surface area contributed by atoms with E-state index in [4.69, 9.17) is 0 Å². The minimum atomic E-state index is -0.355. The number of rotatable bonds is 3. The van der Waals surface area contributed by atoms with E-state index in [1.54, 1.807) is 7.05 Å². The van der Waals surface area contributed by atoms with Gasteiger partial charge in [-0.25, -0.2) is 4.79 Å². The van der Waals surface area contributed by atoms with E-state index >= 15 is 0 Å². The number of hydrogen-bond donors (Lipinski definition) is 0. The summed E-state index contributed by atoms with van der Waals surface area (Å²) in [6.45, 7) is 2.92. The molecule has 4 rings (SSSR count). The third-order valence-electron chi connectivity index (χ3n) is 7.16. The van der Waals surface area contributed by atoms with Gasteiger partial charge in [-0.3, -0.25) is 23.5 Å². The van der Waals surface area contributed by atoms with Crippen LogP contribution >= 0.6 is 0 Å². The summed E-state index contributed by atoms with van der Waals surface area (Å²) in [5.74, 6) is 0.513. The molecule has 9 heteroatoms. The first-order valence-corrected chi connectivity index (χ1v) is 11.5. The van der Waals surface area contributed by atoms with E-state index in [2.05, 4.69) is 0 Å². The zero-order valence-corrected chi connectivity index (χ0v) is 18.6. The molecule has 170 valence electrons. The van der Waals surface area contributed by atoms with E-state index in [1.807, 2.05) is 14.7 Å². The minimum absolute atomic E-state index is 0.0615. The van der Waals surface area contributed by atoms with Crippen LogP contribution in [0.1, 0.15) is 44.9 Å². The van der Waals surface area contributed by atoms with E-state index in [1.165, 1.54) is 36.9 Å². The van der Waals surface area contributed by atoms with Gasteiger partial charge in [0.2, 0.25) is 11.8 Å². The first-order chi connectivity index (χ1) is 14.9. The molecule has 1 aromatic rings. The fraction of sp³-hybridized carbons (Fsp3) is 0.727. The lowest BCUT2D eigenvalue weighted by Crippen LogP contribution is -2.43. The molecule has 2 amide bonds. The second-order valence-corrected chi connectivity index (χ2v) is 9.15. The maximum atomic E-state index is 13.2. The zero-order valence-electron chi connectivity index (χ0n) is 18.6. The first-order valence-electron chi connectivity index (χ1n) is 11.5. The molecule has 0 bridgehead atoms. The van der Waals surface area contributed by atoms with Gasteiger partial charge < -0.3 is 14.7 Å². The third-order valence-corrected chi connectivity index (χ3v) is 7.16. The van der Waals surface area contributed by atoms with Crippen molar-refractivity contribution in [3.05, 3.63) is 26.9 Å². The fourth-order valence-electron chi connectivity index (χ4n) is 5.29. The summed E-state index contributed by atoms with van der Waals surface area (Å²) < 4.78 is 2.57. The zero-order chi connectivity index (χ0) is 22.1. The summed E-state index contributed by atoms with van der Waals surface area (Å²) in [4.78, 5) is 56.0. The molecule has 1 aliphatic carbocycles. The number of hydrogen-bond acceptors (Lipinski definition) is 5. The summed E-state index contributed by atoms with van der Waals surface area (Å²) in [6, 6.07) is 1.79. The first kappa shape index (κ1) is 21.6. The van der Waals surface area contributed by atoms with Crippen LogP contribution in [-0.4, -0.2) is 69.5 Å². The van der Waals surface area contributed by atoms with E-state index in [-0.39, 0.29) is 29.0 Å². The Morgan fingerprint density at radius 2 is 1.65 bits per heavy atom. The molecule has 2 aliphatic heterocycles. The van der Waals surface area contributed by atoms with Crippen LogP contribution in [0.25, 0.3) is 0 Å². The van der Waals surface area contributed by atoms with Crippen LogP contribution in [0.3, 0.4) is 0 Å². The molecule has 0 aromatic carbocycles. The topological polar surface area (TPSA) is 87.9 Å². The highest BCUT2D eigenvalue weighted by Gasteiger charge is 2.40. The average Bonchev–Trinajstić information content (AvgIpc) is 3.00. The standard InChI is InChI=1S/C22H33N5O4/c1-23-18(14-19(28)24(2)22(23)31)25-9-6-10-26(12-11-25)21(30)16-13-20(29)27(15-16)17-7-4-3-5-8-17/h14,16-17H,3-13,15H2,1-2H3. The van der Waals surface area contributed by atoms with E-state index in [0.29, 0.717) is 51.0 Å². The van der Waals surface area contributed by atoms with Crippen LogP contribution < -0.4 is 16.1 Å². The van der Waals surface area contributed by atoms with E-state index < -0.39 is 0 Å². The van der Waals surface area contributed by atoms with Gasteiger partial charge in [0.15, 0.2) is 0 Å². The van der Waals surface area contributed by atoms with Crippen LogP contribution in [0.5, 0.6) is 0 Å². The third kappa shape index (κ3) is 4.27. The lowest BCUT2D eigenvalue weighted by atomic mass is 9.94. The Labute approximate surface area is 182 Å². The Morgan fingerprint density at radius 3 is 2.39 bits per heavy atom. The quantitative estimate of drug-likeness (QED) is 0.687. The minimum Gasteiger partial charge on any atom is -0.356 e. The molecule has 31 heavy (non-hydrogen) atoms. The maximum absolute atomic E-state index is 13.2. The van der Waals surface area contributed by atoms with Gasteiger partial charge in [0.1, 0.15) is 5.82 Å². The van der Waals surface area contributed by atoms with Crippen molar-refractivity contribution in [3.8, 4) is 0 Å². The SMILES string of the molecule is Cn1c(N2CCCN(C(=O)C3CC(=O)N(C4CCCCC4)C3)CC2)cc(=O)n(C)c1=O. The number of amides is 2. The van der Waals surface area contributed by atoms with Gasteiger partial charge >= 0.3 is 5.69 Å². The average molecular weight is 432 g/mol. The number of aromatic nitrogens is 2. The van der Waals surface area contributed by atoms with Crippen LogP contribution in [0, 0.1) is 5.92 Å². The molecule has 0 spiro atoms. The molecule has 1 aromatic heterocycles. The molecule has 2 saturated heterocycles. The number of likely N-dealkylation sites (tertiary alicyclic amines) is 1. The number of nitrogens with zero attached hydrogens (tertiary/aromatic N) is 5. The summed E-state index contributed by atoms with van der Waals surface area (Å²) in [5, 5.41) is 0. The summed E-state index contributed by atoms with van der Waals surface area (Å²) in [7, 11) is 3.13. The van der Waals surface area contributed by atoms with Crippen molar-refractivity contribution >= 4 is 17.6 Å². The molecular formula is C22H33N5O4. The molecule has 1 atom stereocenters. The Morgan fingerprint density at radius 1 is 0.903 bits per heavy atom. The molecule has 1 saturated carbocycles. The van der Waals surface area contributed by atoms with Crippen molar-refractivity contribution in [2.24, 2.45) is 20.0 Å². The van der Waals surface area contributed by atoms with Gasteiger partial charge in [-0.05, 0) is 19.3 Å². The van der Waals surface area contributed by atoms with Gasteiger partial charge in [0.25, 0.3) is 5.56 Å². The van der Waals surface area contributed by atoms with Gasteiger partial charge in [0.05, 0.1) is 5.92 Å². The lowest BCUT2D eigenvalue weighted by molar-refractivity contribution is -0.135. The van der Waals surface area contributed by atoms with Crippen molar-refractivity contribution in [1.82, 2.24) is 18.9 Å². The largest absolute Gasteiger partial charge is 0.356 e. The van der Waals surface area contributed by atoms with Gasteiger partial charge in [-0.2, -0.15) is 0 Å². The van der Waals surface area contributed by atoms with E-state index in [0.717, 1.165) is 23.8 Å². The molecule has 1 unspecified atom stereocenters. The predicted molar refractivity (Wildman–Crippen MR) is 117 cm³/mol. The highest BCUT2D eigenvalue weighted by molar-refractivity contribution is 5.89. The van der Waals surface area contributed by atoms with Gasteiger partial charge in [-0.1, -0.05) is 19.3 Å². The van der Waals surface area contributed by atoms with Gasteiger partial charge in [0, 0.05) is 65.3 Å². The van der Waals surface area contributed by atoms with Crippen molar-refractivity contribution in [2.45, 2.75) is 51.0 Å². The van der Waals surface area contributed by atoms with Crippen molar-refractivity contribution < 1.29 is 9.59 Å². The van der Waals surface area contributed by atoms with Crippen LogP contribution in [0.15, 0.2) is 15.7 Å². The lowest BCUT2D eigenvalue weighted by Gasteiger charge is -2.31. The van der Waals surface area contributed by atoms with Crippen LogP contribution in [-0.2, 0) is 23.7 Å². The number of anilines is 1. The van der Waals surface area contributed by atoms with Gasteiger partial charge in [-0.15, -0.1) is 0 Å². The van der Waals surface area contributed by atoms with Crippen molar-refractivity contribution in [1.29, 1.82) is 0 Å². The molecule has 3 fully saturated rings.